The van der Waals surface area contributed by atoms with Gasteiger partial charge in [-0.1, -0.05) is 29.8 Å². The van der Waals surface area contributed by atoms with Gasteiger partial charge >= 0.3 is 0 Å². The van der Waals surface area contributed by atoms with Gasteiger partial charge in [0, 0.05) is 35.3 Å². The van der Waals surface area contributed by atoms with Gasteiger partial charge in [-0.05, 0) is 58.5 Å². The zero-order valence-corrected chi connectivity index (χ0v) is 21.3. The van der Waals surface area contributed by atoms with E-state index in [1.807, 2.05) is 6.08 Å². The van der Waals surface area contributed by atoms with Gasteiger partial charge in [0.1, 0.15) is 5.75 Å². The number of allylic oxidation sites excluding steroid dienone is 6. The number of aromatic hydroxyl groups is 1. The number of benzene rings is 2. The van der Waals surface area contributed by atoms with Crippen LogP contribution in [0.25, 0.3) is 0 Å². The molecule has 0 radical (unpaired) electrons. The summed E-state index contributed by atoms with van der Waals surface area (Å²) in [5.41, 5.74) is 2.01. The van der Waals surface area contributed by atoms with Crippen LogP contribution in [0.5, 0.6) is 5.75 Å². The van der Waals surface area contributed by atoms with Gasteiger partial charge < -0.3 is 5.11 Å². The molecule has 38 heavy (non-hydrogen) atoms. The quantitative estimate of drug-likeness (QED) is 0.190. The standard InChI is InChI=1S/C28H19BrN2O7/c29-21-12-22(33)25-20(26(21)34)11-19-17(23(25)13-4-6-16(32)7-5-13)8-9-18-24(19)28(36)30(27(18)35)14-2-1-3-15(10-14)31(37)38/h1-8,10,12,18-19,23-24,32H,9,11H2. The number of phenolic OH excluding ortho intramolecular Hbond substituents is 1. The maximum absolute atomic E-state index is 13.8. The predicted molar refractivity (Wildman–Crippen MR) is 138 cm³/mol. The smallest absolute Gasteiger partial charge is 0.271 e. The number of hydrogen-bond acceptors (Lipinski definition) is 7. The molecule has 2 aromatic rings. The van der Waals surface area contributed by atoms with E-state index in [4.69, 9.17) is 0 Å². The van der Waals surface area contributed by atoms with E-state index in [2.05, 4.69) is 15.9 Å². The van der Waals surface area contributed by atoms with Gasteiger partial charge in [0.25, 0.3) is 5.69 Å². The van der Waals surface area contributed by atoms with Crippen molar-refractivity contribution in [2.45, 2.75) is 18.8 Å². The maximum Gasteiger partial charge on any atom is 0.271 e. The second kappa shape index (κ2) is 8.70. The molecule has 190 valence electrons. The summed E-state index contributed by atoms with van der Waals surface area (Å²) in [6, 6.07) is 11.8. The molecule has 4 atom stereocenters. The minimum atomic E-state index is -0.789. The van der Waals surface area contributed by atoms with Crippen molar-refractivity contribution in [1.29, 1.82) is 0 Å². The topological polar surface area (TPSA) is 135 Å². The van der Waals surface area contributed by atoms with Crippen LogP contribution < -0.4 is 4.90 Å². The minimum absolute atomic E-state index is 0.0471. The fourth-order valence-corrected chi connectivity index (χ4v) is 6.70. The Labute approximate surface area is 224 Å². The van der Waals surface area contributed by atoms with Crippen molar-refractivity contribution in [3.8, 4) is 5.75 Å². The maximum atomic E-state index is 13.8. The Morgan fingerprint density at radius 3 is 2.45 bits per heavy atom. The van der Waals surface area contributed by atoms with Crippen LogP contribution in [-0.4, -0.2) is 33.4 Å². The molecule has 2 aromatic carbocycles. The zero-order chi connectivity index (χ0) is 26.9. The third-order valence-electron chi connectivity index (χ3n) is 7.86. The highest BCUT2D eigenvalue weighted by Crippen LogP contribution is 2.55. The molecular weight excluding hydrogens is 556 g/mol. The van der Waals surface area contributed by atoms with Crippen molar-refractivity contribution in [2.75, 3.05) is 4.90 Å². The normalized spacial score (nSPS) is 26.5. The summed E-state index contributed by atoms with van der Waals surface area (Å²) in [7, 11) is 0. The van der Waals surface area contributed by atoms with Crippen molar-refractivity contribution >= 4 is 50.7 Å². The molecule has 4 unspecified atom stereocenters. The number of carbonyl (C=O) groups excluding carboxylic acids is 4. The first-order chi connectivity index (χ1) is 18.2. The van der Waals surface area contributed by atoms with Gasteiger partial charge in [0.2, 0.25) is 11.8 Å². The Morgan fingerprint density at radius 2 is 1.74 bits per heavy atom. The molecule has 1 fully saturated rings. The monoisotopic (exact) mass is 574 g/mol. The average molecular weight is 575 g/mol. The molecule has 0 bridgehead atoms. The molecule has 1 aliphatic heterocycles. The third kappa shape index (κ3) is 3.51. The highest BCUT2D eigenvalue weighted by atomic mass is 79.9. The van der Waals surface area contributed by atoms with E-state index in [0.29, 0.717) is 16.7 Å². The number of nitro benzene ring substituents is 1. The van der Waals surface area contributed by atoms with Crippen LogP contribution >= 0.6 is 15.9 Å². The molecule has 1 N–H and O–H groups in total. The molecule has 6 rings (SSSR count). The second-order valence-electron chi connectivity index (χ2n) is 9.77. The number of nitrogens with zero attached hydrogens (tertiary/aromatic N) is 2. The van der Waals surface area contributed by atoms with E-state index in [0.717, 1.165) is 10.5 Å². The number of phenols is 1. The number of imide groups is 1. The molecule has 2 amide bonds. The van der Waals surface area contributed by atoms with Crippen LogP contribution in [0.15, 0.2) is 81.9 Å². The van der Waals surface area contributed by atoms with Crippen molar-refractivity contribution < 1.29 is 29.2 Å². The molecule has 0 saturated carbocycles. The third-order valence-corrected chi connectivity index (χ3v) is 8.45. The largest absolute Gasteiger partial charge is 0.508 e. The van der Waals surface area contributed by atoms with E-state index in [1.165, 1.54) is 42.5 Å². The van der Waals surface area contributed by atoms with E-state index in [1.54, 1.807) is 12.1 Å². The number of rotatable bonds is 3. The summed E-state index contributed by atoms with van der Waals surface area (Å²) in [6.07, 6.45) is 3.52. The number of halogens is 1. The number of hydrogen-bond donors (Lipinski definition) is 1. The summed E-state index contributed by atoms with van der Waals surface area (Å²) < 4.78 is 0.137. The first-order valence-electron chi connectivity index (χ1n) is 12.0. The number of Topliss-reactive ketones (excluding diaryl/α,β-unsaturated/α-hetero) is 1. The lowest BCUT2D eigenvalue weighted by Gasteiger charge is -2.42. The molecule has 1 saturated heterocycles. The number of carbonyl (C=O) groups is 4. The molecule has 10 heteroatoms. The lowest BCUT2D eigenvalue weighted by Crippen LogP contribution is -2.39. The van der Waals surface area contributed by atoms with E-state index in [9.17, 15) is 34.4 Å². The van der Waals surface area contributed by atoms with Gasteiger partial charge in [-0.2, -0.15) is 0 Å². The number of non-ortho nitro benzene ring substituents is 1. The molecule has 4 aliphatic rings. The fraction of sp³-hybridized carbons (Fsp3) is 0.214. The molecule has 0 spiro atoms. The Kier molecular flexibility index (Phi) is 5.53. The highest BCUT2D eigenvalue weighted by molar-refractivity contribution is 9.12. The van der Waals surface area contributed by atoms with Gasteiger partial charge in [-0.15, -0.1) is 0 Å². The number of nitro groups is 1. The molecule has 1 heterocycles. The fourth-order valence-electron chi connectivity index (χ4n) is 6.25. The van der Waals surface area contributed by atoms with Crippen molar-refractivity contribution in [3.63, 3.8) is 0 Å². The van der Waals surface area contributed by atoms with Crippen molar-refractivity contribution in [2.24, 2.45) is 17.8 Å². The minimum Gasteiger partial charge on any atom is -0.508 e. The second-order valence-corrected chi connectivity index (χ2v) is 10.6. The Morgan fingerprint density at radius 1 is 1.00 bits per heavy atom. The predicted octanol–water partition coefficient (Wildman–Crippen LogP) is 4.27. The Hall–Kier alpha value is -4.18. The number of ketones is 2. The molecule has 0 aromatic heterocycles. The van der Waals surface area contributed by atoms with Gasteiger partial charge in [-0.25, -0.2) is 4.90 Å². The summed E-state index contributed by atoms with van der Waals surface area (Å²) in [4.78, 5) is 65.5. The SMILES string of the molecule is O=C1C=C(Br)C(=O)C2=C1C(c1ccc(O)cc1)C1=CCC3C(=O)N(c4cccc([N+](=O)[O-])c4)C(=O)C3C1C2. The van der Waals surface area contributed by atoms with Gasteiger partial charge in [0.05, 0.1) is 26.9 Å². The highest BCUT2D eigenvalue weighted by Gasteiger charge is 2.56. The summed E-state index contributed by atoms with van der Waals surface area (Å²) in [5.74, 6) is -4.14. The van der Waals surface area contributed by atoms with Crippen molar-refractivity contribution in [3.05, 3.63) is 97.6 Å². The van der Waals surface area contributed by atoms with Gasteiger partial charge in [-0.3, -0.25) is 29.3 Å². The van der Waals surface area contributed by atoms with Gasteiger partial charge in [0.15, 0.2) is 11.6 Å². The lowest BCUT2D eigenvalue weighted by molar-refractivity contribution is -0.384. The van der Waals surface area contributed by atoms with Crippen LogP contribution in [-0.2, 0) is 19.2 Å². The van der Waals surface area contributed by atoms with E-state index in [-0.39, 0.29) is 46.0 Å². The number of amides is 2. The van der Waals surface area contributed by atoms with E-state index < -0.39 is 40.4 Å². The van der Waals surface area contributed by atoms with Crippen LogP contribution in [0.1, 0.15) is 24.3 Å². The molecular formula is C28H19BrN2O7. The zero-order valence-electron chi connectivity index (χ0n) is 19.7. The summed E-state index contributed by atoms with van der Waals surface area (Å²) >= 11 is 3.19. The van der Waals surface area contributed by atoms with Crippen LogP contribution in [0.2, 0.25) is 0 Å². The van der Waals surface area contributed by atoms with E-state index >= 15 is 0 Å². The average Bonchev–Trinajstić information content (AvgIpc) is 3.16. The summed E-state index contributed by atoms with van der Waals surface area (Å²) in [6.45, 7) is 0. The Bertz CT molecular complexity index is 1570. The molecule has 3 aliphatic carbocycles. The Balaban J connectivity index is 1.47. The lowest BCUT2D eigenvalue weighted by atomic mass is 9.59. The van der Waals surface area contributed by atoms with Crippen molar-refractivity contribution in [1.82, 2.24) is 0 Å². The molecule has 9 nitrogen and oxygen atoms in total. The number of fused-ring (bicyclic) bond motifs is 3. The van der Waals surface area contributed by atoms with Crippen LogP contribution in [0.3, 0.4) is 0 Å². The summed E-state index contributed by atoms with van der Waals surface area (Å²) in [5, 5.41) is 21.1. The van der Waals surface area contributed by atoms with Crippen LogP contribution in [0, 0.1) is 27.9 Å². The first-order valence-corrected chi connectivity index (χ1v) is 12.8. The first kappa shape index (κ1) is 24.2. The van der Waals surface area contributed by atoms with Crippen LogP contribution in [0.4, 0.5) is 11.4 Å². The number of anilines is 1.